The third-order valence-electron chi connectivity index (χ3n) is 4.30. The van der Waals surface area contributed by atoms with Crippen molar-refractivity contribution in [1.29, 1.82) is 0 Å². The van der Waals surface area contributed by atoms with E-state index in [1.54, 1.807) is 29.7 Å². The van der Waals surface area contributed by atoms with E-state index in [1.165, 1.54) is 0 Å². The van der Waals surface area contributed by atoms with Crippen LogP contribution < -0.4 is 5.32 Å². The Labute approximate surface area is 151 Å². The molecule has 142 valence electrons. The molecule has 1 aliphatic heterocycles. The molecule has 1 aliphatic rings. The van der Waals surface area contributed by atoms with Crippen molar-refractivity contribution in [2.45, 2.75) is 25.9 Å². The van der Waals surface area contributed by atoms with Crippen LogP contribution >= 0.6 is 0 Å². The predicted molar refractivity (Wildman–Crippen MR) is 93.1 cm³/mol. The predicted octanol–water partition coefficient (Wildman–Crippen LogP) is -0.296. The Balaban J connectivity index is 0.000000758. The van der Waals surface area contributed by atoms with Crippen molar-refractivity contribution in [3.05, 3.63) is 31.1 Å². The zero-order valence-electron chi connectivity index (χ0n) is 14.6. The maximum Gasteiger partial charge on any atom is 0.290 e. The maximum atomic E-state index is 11.9. The Morgan fingerprint density at radius 1 is 1.23 bits per heavy atom. The van der Waals surface area contributed by atoms with Crippen LogP contribution in [0, 0.1) is 5.92 Å². The highest BCUT2D eigenvalue weighted by atomic mass is 16.3. The van der Waals surface area contributed by atoms with Crippen molar-refractivity contribution in [2.24, 2.45) is 5.92 Å². The number of piperidine rings is 1. The molecule has 2 aromatic heterocycles. The van der Waals surface area contributed by atoms with Gasteiger partial charge in [-0.25, -0.2) is 0 Å². The lowest BCUT2D eigenvalue weighted by molar-refractivity contribution is -0.123. The summed E-state index contributed by atoms with van der Waals surface area (Å²) in [6, 6.07) is 1.82. The first-order chi connectivity index (χ1) is 12.7. The Hall–Kier alpha value is -2.75. The molecule has 0 bridgehead atoms. The quantitative estimate of drug-likeness (QED) is 0.649. The molecule has 0 spiro atoms. The molecule has 0 aliphatic carbocycles. The maximum absolute atomic E-state index is 11.9. The summed E-state index contributed by atoms with van der Waals surface area (Å²) >= 11 is 0. The van der Waals surface area contributed by atoms with Crippen LogP contribution in [0.2, 0.25) is 0 Å². The molecule has 1 fully saturated rings. The summed E-state index contributed by atoms with van der Waals surface area (Å²) in [4.78, 5) is 22.7. The van der Waals surface area contributed by atoms with Gasteiger partial charge in [0.2, 0.25) is 5.91 Å². The van der Waals surface area contributed by atoms with Gasteiger partial charge in [-0.15, -0.1) is 10.2 Å². The fraction of sp³-hybridized carbons (Fsp3) is 0.562. The molecule has 0 saturated carbocycles. The first kappa shape index (κ1) is 19.6. The first-order valence-electron chi connectivity index (χ1n) is 8.58. The molecule has 0 radical (unpaired) electrons. The zero-order chi connectivity index (χ0) is 18.6. The number of hydrogen-bond acceptors (Lipinski definition) is 6. The molecule has 2 aromatic rings. The number of carbonyl (C=O) groups excluding carboxylic acids is 1. The van der Waals surface area contributed by atoms with E-state index in [4.69, 9.17) is 9.90 Å². The molecule has 10 heteroatoms. The SMILES string of the molecule is O=C(Cn1cccn1)NCC1CCN(CCn2cnnc2)CC1.O=CO. The Bertz CT molecular complexity index is 622. The normalized spacial score (nSPS) is 15.1. The van der Waals surface area contributed by atoms with Gasteiger partial charge >= 0.3 is 0 Å². The minimum absolute atomic E-state index is 0.0312. The second kappa shape index (κ2) is 11.0. The second-order valence-electron chi connectivity index (χ2n) is 6.10. The lowest BCUT2D eigenvalue weighted by atomic mass is 9.97. The molecule has 3 heterocycles. The van der Waals surface area contributed by atoms with Crippen molar-refractivity contribution in [3.8, 4) is 0 Å². The zero-order valence-corrected chi connectivity index (χ0v) is 14.6. The minimum Gasteiger partial charge on any atom is -0.483 e. The molecule has 1 saturated heterocycles. The van der Waals surface area contributed by atoms with Gasteiger partial charge in [0.1, 0.15) is 19.2 Å². The molecule has 10 nitrogen and oxygen atoms in total. The number of hydrogen-bond donors (Lipinski definition) is 2. The Kier molecular flexibility index (Phi) is 8.27. The highest BCUT2D eigenvalue weighted by molar-refractivity contribution is 5.75. The molecule has 3 rings (SSSR count). The van der Waals surface area contributed by atoms with Crippen molar-refractivity contribution in [2.75, 3.05) is 26.2 Å². The van der Waals surface area contributed by atoms with Gasteiger partial charge in [-0.1, -0.05) is 0 Å². The van der Waals surface area contributed by atoms with Crippen LogP contribution in [0.4, 0.5) is 0 Å². The lowest BCUT2D eigenvalue weighted by Crippen LogP contribution is -2.40. The number of carboxylic acid groups (broad SMARTS) is 1. The van der Waals surface area contributed by atoms with Crippen LogP contribution in [0.15, 0.2) is 31.1 Å². The van der Waals surface area contributed by atoms with E-state index in [-0.39, 0.29) is 12.4 Å². The molecule has 0 unspecified atom stereocenters. The van der Waals surface area contributed by atoms with E-state index < -0.39 is 0 Å². The minimum atomic E-state index is -0.250. The summed E-state index contributed by atoms with van der Waals surface area (Å²) in [6.45, 7) is 4.93. The van der Waals surface area contributed by atoms with Crippen LogP contribution in [-0.4, -0.2) is 73.1 Å². The van der Waals surface area contributed by atoms with E-state index in [9.17, 15) is 4.79 Å². The molecular weight excluding hydrogens is 338 g/mol. The molecule has 0 atom stereocenters. The van der Waals surface area contributed by atoms with Gasteiger partial charge in [-0.2, -0.15) is 5.10 Å². The highest BCUT2D eigenvalue weighted by Gasteiger charge is 2.19. The molecule has 2 N–H and O–H groups in total. The van der Waals surface area contributed by atoms with Gasteiger partial charge in [-0.3, -0.25) is 14.3 Å². The summed E-state index contributed by atoms with van der Waals surface area (Å²) in [6.07, 6.45) is 9.24. The van der Waals surface area contributed by atoms with Crippen LogP contribution in [0.25, 0.3) is 0 Å². The highest BCUT2D eigenvalue weighted by Crippen LogP contribution is 2.16. The number of likely N-dealkylation sites (tertiary alicyclic amines) is 1. The van der Waals surface area contributed by atoms with E-state index >= 15 is 0 Å². The van der Waals surface area contributed by atoms with Gasteiger partial charge in [0.15, 0.2) is 0 Å². The molecule has 26 heavy (non-hydrogen) atoms. The summed E-state index contributed by atoms with van der Waals surface area (Å²) in [5.41, 5.74) is 0. The van der Waals surface area contributed by atoms with Crippen LogP contribution in [0.3, 0.4) is 0 Å². The van der Waals surface area contributed by atoms with Crippen LogP contribution in [0.1, 0.15) is 12.8 Å². The number of amides is 1. The lowest BCUT2D eigenvalue weighted by Gasteiger charge is -2.32. The van der Waals surface area contributed by atoms with E-state index in [2.05, 4.69) is 25.5 Å². The summed E-state index contributed by atoms with van der Waals surface area (Å²) < 4.78 is 3.64. The first-order valence-corrected chi connectivity index (χ1v) is 8.58. The van der Waals surface area contributed by atoms with Gasteiger partial charge in [-0.05, 0) is 37.9 Å². The van der Waals surface area contributed by atoms with E-state index in [1.807, 2.05) is 10.6 Å². The number of nitrogens with one attached hydrogen (secondary N) is 1. The molecule has 0 aromatic carbocycles. The number of nitrogens with zero attached hydrogens (tertiary/aromatic N) is 6. The fourth-order valence-electron chi connectivity index (χ4n) is 2.86. The number of carbonyl (C=O) groups is 2. The topological polar surface area (TPSA) is 118 Å². The monoisotopic (exact) mass is 363 g/mol. The Morgan fingerprint density at radius 2 is 1.92 bits per heavy atom. The van der Waals surface area contributed by atoms with Gasteiger partial charge in [0.25, 0.3) is 6.47 Å². The van der Waals surface area contributed by atoms with Crippen molar-refractivity contribution < 1.29 is 14.7 Å². The summed E-state index contributed by atoms with van der Waals surface area (Å²) in [7, 11) is 0. The largest absolute Gasteiger partial charge is 0.483 e. The summed E-state index contributed by atoms with van der Waals surface area (Å²) in [5, 5.41) is 21.6. The van der Waals surface area contributed by atoms with Crippen LogP contribution in [-0.2, 0) is 22.7 Å². The average Bonchev–Trinajstić information content (AvgIpc) is 3.34. The Morgan fingerprint density at radius 3 is 2.54 bits per heavy atom. The molecule has 1 amide bonds. The van der Waals surface area contributed by atoms with Crippen LogP contribution in [0.5, 0.6) is 0 Å². The van der Waals surface area contributed by atoms with Crippen molar-refractivity contribution in [3.63, 3.8) is 0 Å². The number of rotatable bonds is 7. The smallest absolute Gasteiger partial charge is 0.290 e. The average molecular weight is 363 g/mol. The summed E-state index contributed by atoms with van der Waals surface area (Å²) in [5.74, 6) is 0.603. The van der Waals surface area contributed by atoms with Crippen molar-refractivity contribution in [1.82, 2.24) is 34.8 Å². The third kappa shape index (κ3) is 7.01. The number of aromatic nitrogens is 5. The van der Waals surface area contributed by atoms with E-state index in [0.29, 0.717) is 12.5 Å². The fourth-order valence-corrected chi connectivity index (χ4v) is 2.86. The van der Waals surface area contributed by atoms with E-state index in [0.717, 1.165) is 45.6 Å². The van der Waals surface area contributed by atoms with Crippen molar-refractivity contribution >= 4 is 12.4 Å². The van der Waals surface area contributed by atoms with Gasteiger partial charge < -0.3 is 19.9 Å². The second-order valence-corrected chi connectivity index (χ2v) is 6.10. The standard InChI is InChI=1S/C15H23N7O.CH2O2/c23-15(11-22-5-1-4-19-22)16-10-14-2-6-20(7-3-14)8-9-21-12-17-18-13-21;2-1-3/h1,4-5,12-14H,2-3,6-11H2,(H,16,23);1H,(H,2,3). The van der Waals surface area contributed by atoms with Gasteiger partial charge in [0, 0.05) is 32.0 Å². The third-order valence-corrected chi connectivity index (χ3v) is 4.30. The molecular formula is C16H25N7O3. The van der Waals surface area contributed by atoms with Gasteiger partial charge in [0.05, 0.1) is 0 Å².